The topological polar surface area (TPSA) is 40.5 Å². The van der Waals surface area contributed by atoms with Gasteiger partial charge in [0, 0.05) is 5.41 Å². The highest BCUT2D eigenvalue weighted by atomic mass is 16.3. The van der Waals surface area contributed by atoms with Crippen LogP contribution < -0.4 is 0 Å². The van der Waals surface area contributed by atoms with Crippen molar-refractivity contribution >= 4 is 6.08 Å². The van der Waals surface area contributed by atoms with Crippen LogP contribution in [-0.4, -0.2) is 21.9 Å². The van der Waals surface area contributed by atoms with Crippen LogP contribution in [0, 0.1) is 34.5 Å². The molecule has 0 spiro atoms. The molecular weight excluding hydrogens is 356 g/mol. The standard InChI is InChI=1S/C27H38O2/c1-25-14-11-21(28)18-20(25)8-9-22-23(25)12-15-26(2)24(22)13-17-27(26,29)16-10-19-6-4-3-5-7-19/h3-7,10,16,20-24,28-29H,8-9,11-15,17-18H2,1-2H3/b16-10+/t20-,21-,22-,23+,24+,25-,26-,27-/m0/s1. The summed E-state index contributed by atoms with van der Waals surface area (Å²) in [7, 11) is 0. The smallest absolute Gasteiger partial charge is 0.0887 e. The summed E-state index contributed by atoms with van der Waals surface area (Å²) < 4.78 is 0. The first-order valence-electron chi connectivity index (χ1n) is 12.0. The predicted octanol–water partition coefficient (Wildman–Crippen LogP) is 5.83. The third-order valence-electron chi connectivity index (χ3n) is 10.2. The van der Waals surface area contributed by atoms with Gasteiger partial charge < -0.3 is 10.2 Å². The lowest BCUT2D eigenvalue weighted by atomic mass is 9.44. The van der Waals surface area contributed by atoms with E-state index in [0.717, 1.165) is 43.9 Å². The molecule has 0 amide bonds. The van der Waals surface area contributed by atoms with Crippen LogP contribution in [0.1, 0.15) is 77.2 Å². The quantitative estimate of drug-likeness (QED) is 0.662. The molecule has 8 atom stereocenters. The lowest BCUT2D eigenvalue weighted by molar-refractivity contribution is -0.146. The molecule has 29 heavy (non-hydrogen) atoms. The average molecular weight is 395 g/mol. The zero-order valence-electron chi connectivity index (χ0n) is 18.2. The van der Waals surface area contributed by atoms with E-state index in [0.29, 0.717) is 17.3 Å². The van der Waals surface area contributed by atoms with E-state index in [4.69, 9.17) is 0 Å². The van der Waals surface area contributed by atoms with E-state index < -0.39 is 5.60 Å². The Balaban J connectivity index is 1.40. The summed E-state index contributed by atoms with van der Waals surface area (Å²) in [5.74, 6) is 2.88. The number of rotatable bonds is 2. The summed E-state index contributed by atoms with van der Waals surface area (Å²) >= 11 is 0. The third kappa shape index (κ3) is 2.97. The number of fused-ring (bicyclic) bond motifs is 5. The van der Waals surface area contributed by atoms with Crippen molar-refractivity contribution in [3.8, 4) is 0 Å². The van der Waals surface area contributed by atoms with Gasteiger partial charge in [-0.1, -0.05) is 56.3 Å². The summed E-state index contributed by atoms with van der Waals surface area (Å²) in [6.45, 7) is 4.93. The van der Waals surface area contributed by atoms with Gasteiger partial charge in [-0.3, -0.25) is 0 Å². The van der Waals surface area contributed by atoms with Gasteiger partial charge in [-0.15, -0.1) is 0 Å². The fourth-order valence-electron chi connectivity index (χ4n) is 8.36. The maximum atomic E-state index is 11.8. The maximum absolute atomic E-state index is 11.8. The van der Waals surface area contributed by atoms with Crippen molar-refractivity contribution in [2.45, 2.75) is 83.3 Å². The van der Waals surface area contributed by atoms with Crippen molar-refractivity contribution in [1.82, 2.24) is 0 Å². The lowest BCUT2D eigenvalue weighted by Crippen LogP contribution is -2.56. The number of aliphatic hydroxyl groups excluding tert-OH is 1. The normalized spacial score (nSPS) is 49.4. The van der Waals surface area contributed by atoms with Crippen LogP contribution in [0.15, 0.2) is 36.4 Å². The number of aliphatic hydroxyl groups is 2. The highest BCUT2D eigenvalue weighted by molar-refractivity contribution is 5.51. The van der Waals surface area contributed by atoms with E-state index in [1.165, 1.54) is 31.2 Å². The molecule has 4 fully saturated rings. The summed E-state index contributed by atoms with van der Waals surface area (Å²) in [6, 6.07) is 10.4. The minimum Gasteiger partial charge on any atom is -0.393 e. The molecule has 4 aliphatic rings. The second kappa shape index (κ2) is 6.95. The molecule has 158 valence electrons. The van der Waals surface area contributed by atoms with E-state index in [2.05, 4.69) is 50.3 Å². The summed E-state index contributed by atoms with van der Waals surface area (Å²) in [6.07, 6.45) is 14.4. The van der Waals surface area contributed by atoms with Crippen LogP contribution in [-0.2, 0) is 0 Å². The van der Waals surface area contributed by atoms with Gasteiger partial charge in [0.1, 0.15) is 0 Å². The SMILES string of the molecule is C[C@]12CC[C@H](O)C[C@@H]1CC[C@H]1[C@H]2CC[C@@]2(C)[C@@H]1CC[C@@]2(O)/C=C/c1ccccc1. The van der Waals surface area contributed by atoms with Gasteiger partial charge in [0.2, 0.25) is 0 Å². The molecule has 0 aliphatic heterocycles. The van der Waals surface area contributed by atoms with E-state index in [-0.39, 0.29) is 11.5 Å². The van der Waals surface area contributed by atoms with Gasteiger partial charge in [0.05, 0.1) is 11.7 Å². The predicted molar refractivity (Wildman–Crippen MR) is 118 cm³/mol. The fourth-order valence-corrected chi connectivity index (χ4v) is 8.36. The molecule has 0 radical (unpaired) electrons. The first kappa shape index (κ1) is 19.8. The Kier molecular flexibility index (Phi) is 4.75. The molecule has 0 unspecified atom stereocenters. The van der Waals surface area contributed by atoms with Gasteiger partial charge >= 0.3 is 0 Å². The molecule has 2 heteroatoms. The van der Waals surface area contributed by atoms with Crippen molar-refractivity contribution in [2.75, 3.05) is 0 Å². The van der Waals surface area contributed by atoms with Crippen molar-refractivity contribution < 1.29 is 10.2 Å². The van der Waals surface area contributed by atoms with Crippen molar-refractivity contribution in [2.24, 2.45) is 34.5 Å². The van der Waals surface area contributed by atoms with E-state index in [1.807, 2.05) is 6.07 Å². The van der Waals surface area contributed by atoms with Crippen LogP contribution >= 0.6 is 0 Å². The molecule has 0 bridgehead atoms. The summed E-state index contributed by atoms with van der Waals surface area (Å²) in [5.41, 5.74) is 0.898. The zero-order valence-corrected chi connectivity index (χ0v) is 18.2. The van der Waals surface area contributed by atoms with Gasteiger partial charge in [0.25, 0.3) is 0 Å². The molecule has 0 heterocycles. The van der Waals surface area contributed by atoms with Crippen molar-refractivity contribution in [3.63, 3.8) is 0 Å². The maximum Gasteiger partial charge on any atom is 0.0887 e. The Morgan fingerprint density at radius 3 is 2.45 bits per heavy atom. The Morgan fingerprint density at radius 2 is 1.66 bits per heavy atom. The molecule has 2 N–H and O–H groups in total. The van der Waals surface area contributed by atoms with Gasteiger partial charge in [-0.2, -0.15) is 0 Å². The largest absolute Gasteiger partial charge is 0.393 e. The molecule has 4 aliphatic carbocycles. The zero-order chi connectivity index (χ0) is 20.3. The van der Waals surface area contributed by atoms with E-state index >= 15 is 0 Å². The Labute approximate surface area is 176 Å². The van der Waals surface area contributed by atoms with Gasteiger partial charge in [-0.25, -0.2) is 0 Å². The average Bonchev–Trinajstić information content (AvgIpc) is 2.99. The lowest BCUT2D eigenvalue weighted by Gasteiger charge is -2.61. The number of hydrogen-bond donors (Lipinski definition) is 2. The molecule has 1 aromatic carbocycles. The van der Waals surface area contributed by atoms with Crippen LogP contribution in [0.4, 0.5) is 0 Å². The molecule has 4 saturated carbocycles. The molecule has 1 aromatic rings. The third-order valence-corrected chi connectivity index (χ3v) is 10.2. The first-order chi connectivity index (χ1) is 13.9. The minimum absolute atomic E-state index is 0.00315. The van der Waals surface area contributed by atoms with Crippen LogP contribution in [0.3, 0.4) is 0 Å². The first-order valence-corrected chi connectivity index (χ1v) is 12.0. The summed E-state index contributed by atoms with van der Waals surface area (Å²) in [5, 5.41) is 22.0. The van der Waals surface area contributed by atoms with Crippen LogP contribution in [0.2, 0.25) is 0 Å². The van der Waals surface area contributed by atoms with Crippen LogP contribution in [0.5, 0.6) is 0 Å². The molecular formula is C27H38O2. The van der Waals surface area contributed by atoms with Gasteiger partial charge in [-0.05, 0) is 92.4 Å². The molecule has 2 nitrogen and oxygen atoms in total. The summed E-state index contributed by atoms with van der Waals surface area (Å²) in [4.78, 5) is 0. The number of benzene rings is 1. The highest BCUT2D eigenvalue weighted by Gasteiger charge is 2.63. The Hall–Kier alpha value is -1.12. The van der Waals surface area contributed by atoms with Crippen LogP contribution in [0.25, 0.3) is 6.08 Å². The van der Waals surface area contributed by atoms with Crippen molar-refractivity contribution in [1.29, 1.82) is 0 Å². The van der Waals surface area contributed by atoms with Gasteiger partial charge in [0.15, 0.2) is 0 Å². The van der Waals surface area contributed by atoms with E-state index in [9.17, 15) is 10.2 Å². The Bertz CT molecular complexity index is 772. The van der Waals surface area contributed by atoms with E-state index in [1.54, 1.807) is 0 Å². The second-order valence-corrected chi connectivity index (χ2v) is 11.2. The Morgan fingerprint density at radius 1 is 0.897 bits per heavy atom. The highest BCUT2D eigenvalue weighted by Crippen LogP contribution is 2.68. The molecule has 5 rings (SSSR count). The fraction of sp³-hybridized carbons (Fsp3) is 0.704. The monoisotopic (exact) mass is 394 g/mol. The number of hydrogen-bond acceptors (Lipinski definition) is 2. The molecule has 0 aromatic heterocycles. The second-order valence-electron chi connectivity index (χ2n) is 11.2. The minimum atomic E-state index is -0.682. The molecule has 0 saturated heterocycles. The van der Waals surface area contributed by atoms with Crippen molar-refractivity contribution in [3.05, 3.63) is 42.0 Å².